The Morgan fingerprint density at radius 1 is 1.16 bits per heavy atom. The van der Waals surface area contributed by atoms with Gasteiger partial charge in [-0.3, -0.25) is 0 Å². The third-order valence-corrected chi connectivity index (χ3v) is 3.85. The molecule has 2 aromatic carbocycles. The number of allylic oxidation sites excluding steroid dienone is 1. The topological polar surface area (TPSA) is 26.0 Å². The normalized spacial score (nSPS) is 15.8. The Labute approximate surface area is 116 Å². The van der Waals surface area contributed by atoms with Crippen molar-refractivity contribution >= 4 is 28.9 Å². The third kappa shape index (κ3) is 2.24. The summed E-state index contributed by atoms with van der Waals surface area (Å²) in [5.41, 5.74) is 10.9. The highest BCUT2D eigenvalue weighted by Crippen LogP contribution is 2.35. The van der Waals surface area contributed by atoms with Crippen molar-refractivity contribution in [2.24, 2.45) is 0 Å². The lowest BCUT2D eigenvalue weighted by atomic mass is 10.0. The quantitative estimate of drug-likeness (QED) is 0.758. The number of nitrogen functional groups attached to an aromatic ring is 1. The second-order valence-corrected chi connectivity index (χ2v) is 5.11. The van der Waals surface area contributed by atoms with Crippen LogP contribution in [0.1, 0.15) is 23.1 Å². The molecule has 2 aromatic rings. The lowest BCUT2D eigenvalue weighted by Gasteiger charge is -2.04. The van der Waals surface area contributed by atoms with Gasteiger partial charge in [-0.05, 0) is 59.4 Å². The molecule has 0 saturated carbocycles. The van der Waals surface area contributed by atoms with Gasteiger partial charge in [-0.25, -0.2) is 4.39 Å². The SMILES string of the molecule is Nc1ccc2c(c1)CC/C2=C\c1cccc(F)c1Cl. The molecule has 0 radical (unpaired) electrons. The third-order valence-electron chi connectivity index (χ3n) is 3.45. The average Bonchev–Trinajstić information content (AvgIpc) is 2.77. The van der Waals surface area contributed by atoms with Crippen LogP contribution in [-0.4, -0.2) is 0 Å². The number of hydrogen-bond donors (Lipinski definition) is 1. The number of benzene rings is 2. The lowest BCUT2D eigenvalue weighted by molar-refractivity contribution is 0.628. The van der Waals surface area contributed by atoms with E-state index in [9.17, 15) is 4.39 Å². The molecule has 0 aromatic heterocycles. The van der Waals surface area contributed by atoms with Crippen molar-refractivity contribution in [1.29, 1.82) is 0 Å². The fourth-order valence-electron chi connectivity index (χ4n) is 2.51. The predicted molar refractivity (Wildman–Crippen MR) is 78.5 cm³/mol. The number of halogens is 2. The van der Waals surface area contributed by atoms with E-state index in [1.54, 1.807) is 6.07 Å². The van der Waals surface area contributed by atoms with Crippen LogP contribution < -0.4 is 5.73 Å². The summed E-state index contributed by atoms with van der Waals surface area (Å²) < 4.78 is 13.4. The van der Waals surface area contributed by atoms with E-state index in [1.165, 1.54) is 22.8 Å². The summed E-state index contributed by atoms with van der Waals surface area (Å²) >= 11 is 5.98. The number of anilines is 1. The fraction of sp³-hybridized carbons (Fsp3) is 0.125. The monoisotopic (exact) mass is 273 g/mol. The maximum Gasteiger partial charge on any atom is 0.142 e. The Morgan fingerprint density at radius 2 is 2.00 bits per heavy atom. The smallest absolute Gasteiger partial charge is 0.142 e. The summed E-state index contributed by atoms with van der Waals surface area (Å²) in [4.78, 5) is 0. The van der Waals surface area contributed by atoms with Crippen LogP contribution in [0.3, 0.4) is 0 Å². The first-order chi connectivity index (χ1) is 9.15. The minimum atomic E-state index is -0.383. The van der Waals surface area contributed by atoms with Crippen LogP contribution in [0.2, 0.25) is 5.02 Å². The maximum absolute atomic E-state index is 13.4. The highest BCUT2D eigenvalue weighted by molar-refractivity contribution is 6.32. The van der Waals surface area contributed by atoms with E-state index in [-0.39, 0.29) is 10.8 Å². The Morgan fingerprint density at radius 3 is 2.84 bits per heavy atom. The van der Waals surface area contributed by atoms with Gasteiger partial charge < -0.3 is 5.73 Å². The molecule has 2 N–H and O–H groups in total. The second-order valence-electron chi connectivity index (χ2n) is 4.73. The molecule has 0 amide bonds. The van der Waals surface area contributed by atoms with Gasteiger partial charge in [-0.2, -0.15) is 0 Å². The van der Waals surface area contributed by atoms with Crippen molar-refractivity contribution in [2.45, 2.75) is 12.8 Å². The van der Waals surface area contributed by atoms with Crippen molar-refractivity contribution in [3.05, 3.63) is 63.9 Å². The van der Waals surface area contributed by atoms with Crippen LogP contribution in [0.5, 0.6) is 0 Å². The van der Waals surface area contributed by atoms with Crippen molar-refractivity contribution in [3.8, 4) is 0 Å². The minimum absolute atomic E-state index is 0.180. The molecule has 0 heterocycles. The van der Waals surface area contributed by atoms with Crippen LogP contribution in [0.4, 0.5) is 10.1 Å². The van der Waals surface area contributed by atoms with E-state index >= 15 is 0 Å². The zero-order valence-corrected chi connectivity index (χ0v) is 11.0. The van der Waals surface area contributed by atoms with E-state index in [0.717, 1.165) is 24.1 Å². The molecule has 0 fully saturated rings. The standard InChI is InChI=1S/C16H13ClFN/c17-16-12(2-1-3-15(16)18)8-10-4-5-11-9-13(19)6-7-14(10)11/h1-3,6-9H,4-5,19H2/b10-8+. The summed E-state index contributed by atoms with van der Waals surface area (Å²) in [7, 11) is 0. The van der Waals surface area contributed by atoms with Crippen LogP contribution >= 0.6 is 11.6 Å². The van der Waals surface area contributed by atoms with Crippen LogP contribution in [0.25, 0.3) is 11.6 Å². The number of fused-ring (bicyclic) bond motifs is 1. The second kappa shape index (κ2) is 4.71. The van der Waals surface area contributed by atoms with Gasteiger partial charge in [0, 0.05) is 5.69 Å². The molecule has 1 nitrogen and oxygen atoms in total. The number of aryl methyl sites for hydroxylation is 1. The van der Waals surface area contributed by atoms with E-state index in [1.807, 2.05) is 30.3 Å². The first kappa shape index (κ1) is 12.2. The first-order valence-corrected chi connectivity index (χ1v) is 6.56. The van der Waals surface area contributed by atoms with Gasteiger partial charge in [0.2, 0.25) is 0 Å². The Hall–Kier alpha value is -1.80. The molecule has 1 aliphatic rings. The van der Waals surface area contributed by atoms with E-state index < -0.39 is 0 Å². The summed E-state index contributed by atoms with van der Waals surface area (Å²) in [5, 5.41) is 0.180. The molecule has 0 spiro atoms. The van der Waals surface area contributed by atoms with E-state index in [2.05, 4.69) is 0 Å². The van der Waals surface area contributed by atoms with Gasteiger partial charge in [-0.15, -0.1) is 0 Å². The summed E-state index contributed by atoms with van der Waals surface area (Å²) in [6.45, 7) is 0. The molecule has 0 aliphatic heterocycles. The van der Waals surface area contributed by atoms with Gasteiger partial charge in [0.15, 0.2) is 0 Å². The molecule has 3 rings (SSSR count). The number of nitrogens with two attached hydrogens (primary N) is 1. The Kier molecular flexibility index (Phi) is 3.03. The molecule has 0 atom stereocenters. The Balaban J connectivity index is 2.06. The molecule has 0 saturated heterocycles. The van der Waals surface area contributed by atoms with Crippen LogP contribution in [-0.2, 0) is 6.42 Å². The molecule has 3 heteroatoms. The molecule has 96 valence electrons. The van der Waals surface area contributed by atoms with Gasteiger partial charge >= 0.3 is 0 Å². The zero-order valence-electron chi connectivity index (χ0n) is 10.3. The van der Waals surface area contributed by atoms with Crippen molar-refractivity contribution in [2.75, 3.05) is 5.73 Å². The molecule has 0 unspecified atom stereocenters. The fourth-order valence-corrected chi connectivity index (χ4v) is 2.69. The zero-order chi connectivity index (χ0) is 13.4. The van der Waals surface area contributed by atoms with Crippen molar-refractivity contribution in [1.82, 2.24) is 0 Å². The summed E-state index contributed by atoms with van der Waals surface area (Å²) in [6, 6.07) is 10.8. The first-order valence-electron chi connectivity index (χ1n) is 6.18. The molecule has 1 aliphatic carbocycles. The Bertz CT molecular complexity index is 676. The predicted octanol–water partition coefficient (Wildman–Crippen LogP) is 4.55. The summed E-state index contributed by atoms with van der Waals surface area (Å²) in [6.07, 6.45) is 3.87. The average molecular weight is 274 g/mol. The minimum Gasteiger partial charge on any atom is -0.399 e. The van der Waals surface area contributed by atoms with E-state index in [0.29, 0.717) is 0 Å². The van der Waals surface area contributed by atoms with Gasteiger partial charge in [0.05, 0.1) is 5.02 Å². The van der Waals surface area contributed by atoms with Crippen LogP contribution in [0.15, 0.2) is 36.4 Å². The number of hydrogen-bond acceptors (Lipinski definition) is 1. The highest BCUT2D eigenvalue weighted by Gasteiger charge is 2.16. The molecule has 19 heavy (non-hydrogen) atoms. The maximum atomic E-state index is 13.4. The lowest BCUT2D eigenvalue weighted by Crippen LogP contribution is -1.88. The highest BCUT2D eigenvalue weighted by atomic mass is 35.5. The molecule has 0 bridgehead atoms. The van der Waals surface area contributed by atoms with Gasteiger partial charge in [0.1, 0.15) is 5.82 Å². The van der Waals surface area contributed by atoms with Gasteiger partial charge in [0.25, 0.3) is 0 Å². The molecular formula is C16H13ClFN. The number of rotatable bonds is 1. The van der Waals surface area contributed by atoms with Crippen molar-refractivity contribution in [3.63, 3.8) is 0 Å². The van der Waals surface area contributed by atoms with Crippen LogP contribution in [0, 0.1) is 5.82 Å². The van der Waals surface area contributed by atoms with Crippen molar-refractivity contribution < 1.29 is 4.39 Å². The van der Waals surface area contributed by atoms with Gasteiger partial charge in [-0.1, -0.05) is 29.8 Å². The molecular weight excluding hydrogens is 261 g/mol. The largest absolute Gasteiger partial charge is 0.399 e. The summed E-state index contributed by atoms with van der Waals surface area (Å²) in [5.74, 6) is -0.383. The van der Waals surface area contributed by atoms with E-state index in [4.69, 9.17) is 17.3 Å².